The van der Waals surface area contributed by atoms with E-state index in [1.165, 1.54) is 38.2 Å². The maximum atomic E-state index is 13.4. The lowest BCUT2D eigenvalue weighted by Crippen LogP contribution is -2.32. The van der Waals surface area contributed by atoms with Gasteiger partial charge in [-0.05, 0) is 37.7 Å². The van der Waals surface area contributed by atoms with Crippen LogP contribution in [0.1, 0.15) is 44.6 Å². The van der Waals surface area contributed by atoms with Gasteiger partial charge in [0.05, 0.1) is 0 Å². The van der Waals surface area contributed by atoms with Crippen molar-refractivity contribution in [2.24, 2.45) is 5.92 Å². The summed E-state index contributed by atoms with van der Waals surface area (Å²) in [7, 11) is 0. The first kappa shape index (κ1) is 12.6. The minimum Gasteiger partial charge on any atom is -0.310 e. The fourth-order valence-electron chi connectivity index (χ4n) is 2.67. The van der Waals surface area contributed by atoms with Gasteiger partial charge in [-0.1, -0.05) is 31.5 Å². The molecule has 0 unspecified atom stereocenters. The summed E-state index contributed by atoms with van der Waals surface area (Å²) < 4.78 is 13.4. The lowest BCUT2D eigenvalue weighted by molar-refractivity contribution is 0.284. The normalized spacial score (nSPS) is 24.8. The molecule has 0 radical (unpaired) electrons. The Morgan fingerprint density at radius 1 is 1.18 bits per heavy atom. The SMILES string of the molecule is CCC1CCC(NCc2ccccc2F)CC1. The van der Waals surface area contributed by atoms with Crippen molar-refractivity contribution in [2.45, 2.75) is 51.6 Å². The number of rotatable bonds is 4. The Balaban J connectivity index is 1.78. The van der Waals surface area contributed by atoms with Crippen LogP contribution in [-0.2, 0) is 6.54 Å². The predicted octanol–water partition coefficient (Wildman–Crippen LogP) is 3.88. The van der Waals surface area contributed by atoms with E-state index in [9.17, 15) is 4.39 Å². The lowest BCUT2D eigenvalue weighted by atomic mass is 9.84. The average molecular weight is 235 g/mol. The minimum atomic E-state index is -0.0951. The van der Waals surface area contributed by atoms with Gasteiger partial charge in [-0.15, -0.1) is 0 Å². The summed E-state index contributed by atoms with van der Waals surface area (Å²) >= 11 is 0. The van der Waals surface area contributed by atoms with Gasteiger partial charge in [0.2, 0.25) is 0 Å². The molecule has 94 valence electrons. The van der Waals surface area contributed by atoms with Crippen LogP contribution in [0.5, 0.6) is 0 Å². The molecule has 1 nitrogen and oxygen atoms in total. The van der Waals surface area contributed by atoms with Crippen LogP contribution < -0.4 is 5.32 Å². The number of halogens is 1. The molecule has 0 aliphatic heterocycles. The summed E-state index contributed by atoms with van der Waals surface area (Å²) in [4.78, 5) is 0. The molecule has 0 spiro atoms. The molecule has 2 heteroatoms. The quantitative estimate of drug-likeness (QED) is 0.835. The number of hydrogen-bond acceptors (Lipinski definition) is 1. The predicted molar refractivity (Wildman–Crippen MR) is 69.3 cm³/mol. The zero-order valence-electron chi connectivity index (χ0n) is 10.6. The molecule has 17 heavy (non-hydrogen) atoms. The van der Waals surface area contributed by atoms with Crippen LogP contribution in [0.4, 0.5) is 4.39 Å². The summed E-state index contributed by atoms with van der Waals surface area (Å²) in [6.07, 6.45) is 6.44. The third-order valence-corrected chi connectivity index (χ3v) is 3.96. The summed E-state index contributed by atoms with van der Waals surface area (Å²) in [5.41, 5.74) is 0.783. The molecule has 0 bridgehead atoms. The Morgan fingerprint density at radius 3 is 2.53 bits per heavy atom. The summed E-state index contributed by atoms with van der Waals surface area (Å²) in [5.74, 6) is 0.823. The van der Waals surface area contributed by atoms with Gasteiger partial charge in [0.1, 0.15) is 5.82 Å². The van der Waals surface area contributed by atoms with Crippen molar-refractivity contribution in [3.05, 3.63) is 35.6 Å². The van der Waals surface area contributed by atoms with Crippen LogP contribution in [-0.4, -0.2) is 6.04 Å². The fraction of sp³-hybridized carbons (Fsp3) is 0.600. The van der Waals surface area contributed by atoms with E-state index in [0.29, 0.717) is 12.6 Å². The monoisotopic (exact) mass is 235 g/mol. The highest BCUT2D eigenvalue weighted by molar-refractivity contribution is 5.17. The Labute approximate surface area is 103 Å². The first-order valence-corrected chi connectivity index (χ1v) is 6.76. The molecule has 1 aromatic carbocycles. The fourth-order valence-corrected chi connectivity index (χ4v) is 2.67. The summed E-state index contributed by atoms with van der Waals surface area (Å²) in [5, 5.41) is 3.48. The Hall–Kier alpha value is -0.890. The van der Waals surface area contributed by atoms with E-state index >= 15 is 0 Å². The smallest absolute Gasteiger partial charge is 0.127 e. The Morgan fingerprint density at radius 2 is 1.88 bits per heavy atom. The average Bonchev–Trinajstić information content (AvgIpc) is 2.38. The first-order valence-electron chi connectivity index (χ1n) is 6.76. The topological polar surface area (TPSA) is 12.0 Å². The Kier molecular flexibility index (Phi) is 4.55. The molecule has 1 aliphatic carbocycles. The van der Waals surface area contributed by atoms with Crippen molar-refractivity contribution in [3.63, 3.8) is 0 Å². The van der Waals surface area contributed by atoms with E-state index in [-0.39, 0.29) is 5.82 Å². The van der Waals surface area contributed by atoms with Gasteiger partial charge in [0.25, 0.3) is 0 Å². The third kappa shape index (κ3) is 3.53. The van der Waals surface area contributed by atoms with Crippen LogP contribution in [0.25, 0.3) is 0 Å². The molecule has 1 aromatic rings. The van der Waals surface area contributed by atoms with Crippen LogP contribution in [0.15, 0.2) is 24.3 Å². The highest BCUT2D eigenvalue weighted by atomic mass is 19.1. The molecule has 1 saturated carbocycles. The molecular formula is C15H22FN. The van der Waals surface area contributed by atoms with Crippen molar-refractivity contribution < 1.29 is 4.39 Å². The second kappa shape index (κ2) is 6.15. The van der Waals surface area contributed by atoms with Gasteiger partial charge in [-0.25, -0.2) is 4.39 Å². The maximum Gasteiger partial charge on any atom is 0.127 e. The maximum absolute atomic E-state index is 13.4. The van der Waals surface area contributed by atoms with Gasteiger partial charge >= 0.3 is 0 Å². The summed E-state index contributed by atoms with van der Waals surface area (Å²) in [6.45, 7) is 2.94. The van der Waals surface area contributed by atoms with Crippen LogP contribution in [0, 0.1) is 11.7 Å². The minimum absolute atomic E-state index is 0.0951. The number of benzene rings is 1. The van der Waals surface area contributed by atoms with Crippen LogP contribution in [0.2, 0.25) is 0 Å². The number of nitrogens with one attached hydrogen (secondary N) is 1. The van der Waals surface area contributed by atoms with E-state index in [1.807, 2.05) is 12.1 Å². The highest BCUT2D eigenvalue weighted by Gasteiger charge is 2.19. The molecule has 1 N–H and O–H groups in total. The van der Waals surface area contributed by atoms with E-state index in [4.69, 9.17) is 0 Å². The molecule has 2 rings (SSSR count). The van der Waals surface area contributed by atoms with Gasteiger partial charge in [-0.2, -0.15) is 0 Å². The van der Waals surface area contributed by atoms with Gasteiger partial charge in [0.15, 0.2) is 0 Å². The second-order valence-electron chi connectivity index (χ2n) is 5.10. The van der Waals surface area contributed by atoms with E-state index < -0.39 is 0 Å². The van der Waals surface area contributed by atoms with E-state index in [2.05, 4.69) is 12.2 Å². The molecule has 0 atom stereocenters. The van der Waals surface area contributed by atoms with Crippen LogP contribution in [0.3, 0.4) is 0 Å². The third-order valence-electron chi connectivity index (χ3n) is 3.96. The molecule has 0 saturated heterocycles. The van der Waals surface area contributed by atoms with E-state index in [0.717, 1.165) is 11.5 Å². The molecular weight excluding hydrogens is 213 g/mol. The van der Waals surface area contributed by atoms with Gasteiger partial charge in [-0.3, -0.25) is 0 Å². The van der Waals surface area contributed by atoms with E-state index in [1.54, 1.807) is 6.07 Å². The second-order valence-corrected chi connectivity index (χ2v) is 5.10. The highest BCUT2D eigenvalue weighted by Crippen LogP contribution is 2.26. The molecule has 1 fully saturated rings. The van der Waals surface area contributed by atoms with Crippen LogP contribution >= 0.6 is 0 Å². The van der Waals surface area contributed by atoms with Crippen molar-refractivity contribution in [2.75, 3.05) is 0 Å². The first-order chi connectivity index (χ1) is 8.29. The zero-order chi connectivity index (χ0) is 12.1. The summed E-state index contributed by atoms with van der Waals surface area (Å²) in [6, 6.07) is 7.61. The standard InChI is InChI=1S/C15H22FN/c1-2-12-7-9-14(10-8-12)17-11-13-5-3-4-6-15(13)16/h3-6,12,14,17H,2,7-11H2,1H3. The van der Waals surface area contributed by atoms with Crippen molar-refractivity contribution in [3.8, 4) is 0 Å². The van der Waals surface area contributed by atoms with Gasteiger partial charge < -0.3 is 5.32 Å². The largest absolute Gasteiger partial charge is 0.310 e. The Bertz CT molecular complexity index is 343. The van der Waals surface area contributed by atoms with Gasteiger partial charge in [0, 0.05) is 18.2 Å². The molecule has 0 aromatic heterocycles. The molecule has 0 heterocycles. The van der Waals surface area contributed by atoms with Crippen molar-refractivity contribution in [1.82, 2.24) is 5.32 Å². The van der Waals surface area contributed by atoms with Crippen molar-refractivity contribution in [1.29, 1.82) is 0 Å². The molecule has 1 aliphatic rings. The lowest BCUT2D eigenvalue weighted by Gasteiger charge is -2.28. The molecule has 0 amide bonds. The zero-order valence-corrected chi connectivity index (χ0v) is 10.6. The number of hydrogen-bond donors (Lipinski definition) is 1. The van der Waals surface area contributed by atoms with Crippen molar-refractivity contribution >= 4 is 0 Å².